The van der Waals surface area contributed by atoms with Gasteiger partial charge in [0.1, 0.15) is 0 Å². The Hall–Kier alpha value is -1.22. The van der Waals surface area contributed by atoms with E-state index in [0.717, 1.165) is 6.07 Å². The molecule has 1 aliphatic heterocycles. The van der Waals surface area contributed by atoms with Crippen LogP contribution in [0.1, 0.15) is 5.56 Å². The molecule has 2 rings (SSSR count). The molecule has 1 fully saturated rings. The van der Waals surface area contributed by atoms with Crippen LogP contribution in [0.3, 0.4) is 0 Å². The van der Waals surface area contributed by atoms with Gasteiger partial charge in [-0.1, -0.05) is 11.6 Å². The van der Waals surface area contributed by atoms with Crippen LogP contribution in [0.15, 0.2) is 17.0 Å². The molecule has 0 spiro atoms. The van der Waals surface area contributed by atoms with E-state index in [9.17, 15) is 18.5 Å². The van der Waals surface area contributed by atoms with E-state index in [1.165, 1.54) is 17.3 Å². The first kappa shape index (κ1) is 16.2. The zero-order chi connectivity index (χ0) is 15.8. The molecular weight excluding hydrogens is 318 g/mol. The molecule has 0 aliphatic carbocycles. The van der Waals surface area contributed by atoms with Gasteiger partial charge in [-0.05, 0) is 20.0 Å². The fourth-order valence-corrected chi connectivity index (χ4v) is 3.90. The molecule has 1 heterocycles. The highest BCUT2D eigenvalue weighted by atomic mass is 35.5. The van der Waals surface area contributed by atoms with E-state index in [1.54, 1.807) is 0 Å². The molecule has 0 N–H and O–H groups in total. The van der Waals surface area contributed by atoms with Crippen molar-refractivity contribution in [3.05, 3.63) is 32.8 Å². The molecule has 21 heavy (non-hydrogen) atoms. The lowest BCUT2D eigenvalue weighted by molar-refractivity contribution is -0.385. The summed E-state index contributed by atoms with van der Waals surface area (Å²) >= 11 is 5.94. The van der Waals surface area contributed by atoms with Gasteiger partial charge in [-0.3, -0.25) is 10.1 Å². The van der Waals surface area contributed by atoms with Crippen LogP contribution >= 0.6 is 11.6 Å². The molecule has 1 aromatic carbocycles. The Morgan fingerprint density at radius 3 is 2.33 bits per heavy atom. The summed E-state index contributed by atoms with van der Waals surface area (Å²) in [6, 6.07) is 2.35. The van der Waals surface area contributed by atoms with Gasteiger partial charge in [0.25, 0.3) is 5.69 Å². The fraction of sp³-hybridized carbons (Fsp3) is 0.500. The van der Waals surface area contributed by atoms with Crippen LogP contribution in [0.25, 0.3) is 0 Å². The lowest BCUT2D eigenvalue weighted by atomic mass is 10.2. The summed E-state index contributed by atoms with van der Waals surface area (Å²) in [4.78, 5) is 12.3. The van der Waals surface area contributed by atoms with E-state index in [1.807, 2.05) is 11.9 Å². The molecule has 0 amide bonds. The number of piperazine rings is 1. The molecule has 0 radical (unpaired) electrons. The highest BCUT2D eigenvalue weighted by molar-refractivity contribution is 7.89. The maximum absolute atomic E-state index is 12.6. The number of hydrogen-bond donors (Lipinski definition) is 0. The zero-order valence-corrected chi connectivity index (χ0v) is 13.3. The van der Waals surface area contributed by atoms with Crippen LogP contribution in [0.4, 0.5) is 5.69 Å². The fourth-order valence-electron chi connectivity index (χ4n) is 2.16. The number of nitro groups is 1. The molecule has 0 unspecified atom stereocenters. The first-order valence-corrected chi connectivity index (χ1v) is 8.18. The maximum atomic E-state index is 12.6. The Kier molecular flexibility index (Phi) is 4.52. The smallest absolute Gasteiger partial charge is 0.275 e. The Labute approximate surface area is 128 Å². The topological polar surface area (TPSA) is 83.8 Å². The van der Waals surface area contributed by atoms with Crippen LogP contribution in [-0.4, -0.2) is 55.8 Å². The van der Waals surface area contributed by atoms with E-state index < -0.39 is 14.9 Å². The third-order valence-electron chi connectivity index (χ3n) is 3.59. The zero-order valence-electron chi connectivity index (χ0n) is 11.7. The number of benzene rings is 1. The number of halogens is 1. The van der Waals surface area contributed by atoms with Gasteiger partial charge in [0.05, 0.1) is 14.8 Å². The number of sulfonamides is 1. The molecular formula is C12H16ClN3O4S. The van der Waals surface area contributed by atoms with Crippen molar-refractivity contribution in [3.63, 3.8) is 0 Å². The summed E-state index contributed by atoms with van der Waals surface area (Å²) in [6.45, 7) is 3.46. The van der Waals surface area contributed by atoms with E-state index in [2.05, 4.69) is 0 Å². The minimum atomic E-state index is -3.76. The van der Waals surface area contributed by atoms with Crippen LogP contribution in [0, 0.1) is 17.0 Å². The maximum Gasteiger partial charge on any atom is 0.275 e. The third kappa shape index (κ3) is 3.18. The third-order valence-corrected chi connectivity index (χ3v) is 5.86. The predicted octanol–water partition coefficient (Wildman–Crippen LogP) is 1.49. The van der Waals surface area contributed by atoms with Crippen molar-refractivity contribution in [2.75, 3.05) is 33.2 Å². The summed E-state index contributed by atoms with van der Waals surface area (Å²) in [7, 11) is -1.85. The van der Waals surface area contributed by atoms with Crippen LogP contribution < -0.4 is 0 Å². The minimum Gasteiger partial charge on any atom is -0.304 e. The van der Waals surface area contributed by atoms with Crippen molar-refractivity contribution in [2.24, 2.45) is 0 Å². The van der Waals surface area contributed by atoms with Crippen LogP contribution in [0.5, 0.6) is 0 Å². The summed E-state index contributed by atoms with van der Waals surface area (Å²) in [5.74, 6) is 0. The molecule has 1 aromatic rings. The molecule has 0 bridgehead atoms. The molecule has 9 heteroatoms. The van der Waals surface area contributed by atoms with E-state index in [0.29, 0.717) is 26.2 Å². The normalized spacial score (nSPS) is 17.9. The Bertz CT molecular complexity index is 669. The van der Waals surface area contributed by atoms with E-state index in [4.69, 9.17) is 11.6 Å². The lowest BCUT2D eigenvalue weighted by Gasteiger charge is -2.31. The van der Waals surface area contributed by atoms with Gasteiger partial charge in [0.2, 0.25) is 10.0 Å². The second-order valence-corrected chi connectivity index (χ2v) is 7.36. The van der Waals surface area contributed by atoms with Crippen molar-refractivity contribution in [2.45, 2.75) is 11.8 Å². The van der Waals surface area contributed by atoms with Crippen molar-refractivity contribution < 1.29 is 13.3 Å². The number of rotatable bonds is 3. The predicted molar refractivity (Wildman–Crippen MR) is 79.1 cm³/mol. The highest BCUT2D eigenvalue weighted by Crippen LogP contribution is 2.31. The summed E-state index contributed by atoms with van der Waals surface area (Å²) in [5.41, 5.74) is -0.0193. The van der Waals surface area contributed by atoms with Gasteiger partial charge < -0.3 is 4.90 Å². The second-order valence-electron chi connectivity index (χ2n) is 5.01. The minimum absolute atomic E-state index is 0.0805. The number of hydrogen-bond acceptors (Lipinski definition) is 5. The van der Waals surface area contributed by atoms with Gasteiger partial charge >= 0.3 is 0 Å². The van der Waals surface area contributed by atoms with Gasteiger partial charge in [-0.2, -0.15) is 4.31 Å². The van der Waals surface area contributed by atoms with Crippen LogP contribution in [-0.2, 0) is 10.0 Å². The first-order valence-electron chi connectivity index (χ1n) is 6.36. The second kappa shape index (κ2) is 5.88. The summed E-state index contributed by atoms with van der Waals surface area (Å²) < 4.78 is 26.4. The largest absolute Gasteiger partial charge is 0.304 e. The number of nitrogens with zero attached hydrogens (tertiary/aromatic N) is 3. The van der Waals surface area contributed by atoms with Crippen molar-refractivity contribution in [3.8, 4) is 0 Å². The van der Waals surface area contributed by atoms with Gasteiger partial charge in [-0.25, -0.2) is 8.42 Å². The molecule has 0 saturated carbocycles. The quantitative estimate of drug-likeness (QED) is 0.618. The Morgan fingerprint density at radius 2 is 1.81 bits per heavy atom. The monoisotopic (exact) mass is 333 g/mol. The summed E-state index contributed by atoms with van der Waals surface area (Å²) in [5, 5.41) is 11.1. The SMILES string of the molecule is Cc1c(Cl)cc(S(=O)(=O)N2CCN(C)CC2)cc1[N+](=O)[O-]. The number of nitro benzene ring substituents is 1. The van der Waals surface area contributed by atoms with Gasteiger partial charge in [0, 0.05) is 37.8 Å². The standard InChI is InChI=1S/C12H16ClN3O4S/c1-9-11(13)7-10(8-12(9)16(17)18)21(19,20)15-5-3-14(2)4-6-15/h7-8H,3-6H2,1-2H3. The summed E-state index contributed by atoms with van der Waals surface area (Å²) in [6.07, 6.45) is 0. The van der Waals surface area contributed by atoms with Gasteiger partial charge in [-0.15, -0.1) is 0 Å². The first-order chi connectivity index (χ1) is 9.73. The Morgan fingerprint density at radius 1 is 1.24 bits per heavy atom. The average Bonchev–Trinajstić information content (AvgIpc) is 2.41. The Balaban J connectivity index is 2.43. The van der Waals surface area contributed by atoms with Gasteiger partial charge in [0.15, 0.2) is 0 Å². The number of likely N-dealkylation sites (N-methyl/N-ethyl adjacent to an activating group) is 1. The molecule has 116 valence electrons. The molecule has 1 saturated heterocycles. The van der Waals surface area contributed by atoms with Crippen molar-refractivity contribution in [1.82, 2.24) is 9.21 Å². The molecule has 7 nitrogen and oxygen atoms in total. The van der Waals surface area contributed by atoms with Crippen molar-refractivity contribution >= 4 is 27.3 Å². The highest BCUT2D eigenvalue weighted by Gasteiger charge is 2.30. The van der Waals surface area contributed by atoms with Crippen LogP contribution in [0.2, 0.25) is 5.02 Å². The molecule has 0 atom stereocenters. The van der Waals surface area contributed by atoms with E-state index in [-0.39, 0.29) is 21.2 Å². The lowest BCUT2D eigenvalue weighted by Crippen LogP contribution is -2.47. The van der Waals surface area contributed by atoms with Crippen molar-refractivity contribution in [1.29, 1.82) is 0 Å². The van der Waals surface area contributed by atoms with E-state index >= 15 is 0 Å². The average molecular weight is 334 g/mol. The molecule has 0 aromatic heterocycles. The molecule has 1 aliphatic rings.